The van der Waals surface area contributed by atoms with Gasteiger partial charge in [0.25, 0.3) is 0 Å². The van der Waals surface area contributed by atoms with E-state index >= 15 is 0 Å². The van der Waals surface area contributed by atoms with Crippen LogP contribution in [0.1, 0.15) is 38.8 Å². The van der Waals surface area contributed by atoms with Crippen LogP contribution in [-0.4, -0.2) is 44.1 Å². The summed E-state index contributed by atoms with van der Waals surface area (Å²) >= 11 is 0. The normalized spacial score (nSPS) is 13.9. The Bertz CT molecular complexity index is 544. The van der Waals surface area contributed by atoms with Crippen molar-refractivity contribution in [3.8, 4) is 0 Å². The van der Waals surface area contributed by atoms with E-state index in [0.717, 1.165) is 5.56 Å². The molecular weight excluding hydrogens is 288 g/mol. The summed E-state index contributed by atoms with van der Waals surface area (Å²) in [7, 11) is -1.70. The van der Waals surface area contributed by atoms with Gasteiger partial charge in [-0.25, -0.2) is 8.42 Å². The molecule has 0 bridgehead atoms. The fraction of sp³-hybridized carbons (Fsp3) is 0.600. The van der Waals surface area contributed by atoms with Crippen LogP contribution in [0.2, 0.25) is 0 Å². The molecule has 1 atom stereocenters. The summed E-state index contributed by atoms with van der Waals surface area (Å²) in [5.41, 5.74) is 0.935. The zero-order valence-corrected chi connectivity index (χ0v) is 14.0. The summed E-state index contributed by atoms with van der Waals surface area (Å²) in [6.07, 6.45) is 0.435. The molecule has 120 valence electrons. The van der Waals surface area contributed by atoms with Crippen molar-refractivity contribution in [1.29, 1.82) is 0 Å². The maximum absolute atomic E-state index is 12.8. The Morgan fingerprint density at radius 2 is 1.95 bits per heavy atom. The molecule has 1 aromatic rings. The average molecular weight is 314 g/mol. The topological polar surface area (TPSA) is 69.6 Å². The van der Waals surface area contributed by atoms with Crippen LogP contribution in [0.3, 0.4) is 0 Å². The molecule has 0 heterocycles. The Morgan fingerprint density at radius 3 is 2.48 bits per heavy atom. The van der Waals surface area contributed by atoms with Crippen LogP contribution < -0.4 is 5.32 Å². The van der Waals surface area contributed by atoms with Crippen molar-refractivity contribution in [2.45, 2.75) is 44.2 Å². The van der Waals surface area contributed by atoms with Gasteiger partial charge in [-0.2, -0.15) is 4.31 Å². The molecule has 0 saturated heterocycles. The van der Waals surface area contributed by atoms with E-state index in [2.05, 4.69) is 5.32 Å². The van der Waals surface area contributed by atoms with Crippen LogP contribution in [0, 0.1) is 0 Å². The number of hydrogen-bond donors (Lipinski definition) is 2. The molecule has 5 nitrogen and oxygen atoms in total. The van der Waals surface area contributed by atoms with E-state index in [1.165, 1.54) is 4.31 Å². The molecule has 2 N–H and O–H groups in total. The first-order valence-electron chi connectivity index (χ1n) is 7.24. The highest BCUT2D eigenvalue weighted by Crippen LogP contribution is 2.22. The average Bonchev–Trinajstić information content (AvgIpc) is 2.46. The fourth-order valence-electron chi connectivity index (χ4n) is 2.13. The molecule has 0 saturated carbocycles. The van der Waals surface area contributed by atoms with Gasteiger partial charge in [-0.3, -0.25) is 0 Å². The van der Waals surface area contributed by atoms with Gasteiger partial charge in [-0.05, 0) is 51.9 Å². The summed E-state index contributed by atoms with van der Waals surface area (Å²) in [4.78, 5) is 0.300. The van der Waals surface area contributed by atoms with Crippen molar-refractivity contribution in [3.05, 3.63) is 29.8 Å². The van der Waals surface area contributed by atoms with Gasteiger partial charge in [-0.15, -0.1) is 0 Å². The molecule has 21 heavy (non-hydrogen) atoms. The van der Waals surface area contributed by atoms with Gasteiger partial charge in [0, 0.05) is 25.2 Å². The SMILES string of the molecule is CNC(C)c1cccc(S(=O)(=O)N(CCCO)C(C)C)c1. The molecule has 0 aliphatic carbocycles. The van der Waals surface area contributed by atoms with E-state index in [1.807, 2.05) is 33.9 Å². The second-order valence-corrected chi connectivity index (χ2v) is 7.26. The zero-order chi connectivity index (χ0) is 16.0. The smallest absolute Gasteiger partial charge is 0.243 e. The van der Waals surface area contributed by atoms with E-state index < -0.39 is 10.0 Å². The van der Waals surface area contributed by atoms with Crippen LogP contribution >= 0.6 is 0 Å². The lowest BCUT2D eigenvalue weighted by Crippen LogP contribution is -2.38. The van der Waals surface area contributed by atoms with Gasteiger partial charge in [0.15, 0.2) is 0 Å². The largest absolute Gasteiger partial charge is 0.396 e. The molecule has 0 aliphatic rings. The maximum atomic E-state index is 12.8. The molecule has 0 aromatic heterocycles. The Kier molecular flexibility index (Phi) is 6.80. The lowest BCUT2D eigenvalue weighted by molar-refractivity contribution is 0.258. The summed E-state index contributed by atoms with van der Waals surface area (Å²) in [6.45, 7) is 5.97. The third-order valence-electron chi connectivity index (χ3n) is 3.51. The van der Waals surface area contributed by atoms with Gasteiger partial charge in [0.1, 0.15) is 0 Å². The van der Waals surface area contributed by atoms with Crippen molar-refractivity contribution >= 4 is 10.0 Å². The van der Waals surface area contributed by atoms with Gasteiger partial charge < -0.3 is 10.4 Å². The molecule has 1 aromatic carbocycles. The van der Waals surface area contributed by atoms with Crippen molar-refractivity contribution < 1.29 is 13.5 Å². The van der Waals surface area contributed by atoms with Crippen molar-refractivity contribution in [2.75, 3.05) is 20.2 Å². The van der Waals surface area contributed by atoms with Crippen molar-refractivity contribution in [3.63, 3.8) is 0 Å². The highest BCUT2D eigenvalue weighted by atomic mass is 32.2. The molecule has 6 heteroatoms. The summed E-state index contributed by atoms with van der Waals surface area (Å²) in [6, 6.07) is 6.95. The second-order valence-electron chi connectivity index (χ2n) is 5.37. The number of rotatable bonds is 8. The van der Waals surface area contributed by atoms with Crippen LogP contribution in [0.4, 0.5) is 0 Å². The van der Waals surface area contributed by atoms with Crippen LogP contribution in [0.25, 0.3) is 0 Å². The minimum atomic E-state index is -3.54. The highest BCUT2D eigenvalue weighted by Gasteiger charge is 2.26. The molecule has 1 unspecified atom stereocenters. The number of hydrogen-bond acceptors (Lipinski definition) is 4. The van der Waals surface area contributed by atoms with E-state index in [0.29, 0.717) is 17.9 Å². The lowest BCUT2D eigenvalue weighted by Gasteiger charge is -2.26. The van der Waals surface area contributed by atoms with Gasteiger partial charge in [0.2, 0.25) is 10.0 Å². The Labute approximate surface area is 128 Å². The molecule has 0 fully saturated rings. The Hall–Kier alpha value is -0.950. The third-order valence-corrected chi connectivity index (χ3v) is 5.58. The molecule has 0 amide bonds. The monoisotopic (exact) mass is 314 g/mol. The predicted molar refractivity (Wildman–Crippen MR) is 84.6 cm³/mol. The van der Waals surface area contributed by atoms with E-state index in [1.54, 1.807) is 18.2 Å². The minimum Gasteiger partial charge on any atom is -0.396 e. The summed E-state index contributed by atoms with van der Waals surface area (Å²) in [5.74, 6) is 0. The van der Waals surface area contributed by atoms with Crippen LogP contribution in [0.5, 0.6) is 0 Å². The molecular formula is C15H26N2O3S. The number of benzene rings is 1. The summed E-state index contributed by atoms with van der Waals surface area (Å²) < 4.78 is 27.0. The van der Waals surface area contributed by atoms with Gasteiger partial charge >= 0.3 is 0 Å². The van der Waals surface area contributed by atoms with E-state index in [9.17, 15) is 8.42 Å². The summed E-state index contributed by atoms with van der Waals surface area (Å²) in [5, 5.41) is 12.1. The fourth-order valence-corrected chi connectivity index (χ4v) is 3.86. The molecule has 0 radical (unpaired) electrons. The predicted octanol–water partition coefficient (Wildman–Crippen LogP) is 1.75. The number of sulfonamides is 1. The van der Waals surface area contributed by atoms with Crippen molar-refractivity contribution in [1.82, 2.24) is 9.62 Å². The van der Waals surface area contributed by atoms with E-state index in [-0.39, 0.29) is 18.7 Å². The molecule has 0 aliphatic heterocycles. The second kappa shape index (κ2) is 7.89. The number of nitrogens with zero attached hydrogens (tertiary/aromatic N) is 1. The highest BCUT2D eigenvalue weighted by molar-refractivity contribution is 7.89. The first-order chi connectivity index (χ1) is 9.84. The minimum absolute atomic E-state index is 0.0183. The number of aliphatic hydroxyl groups is 1. The van der Waals surface area contributed by atoms with Gasteiger partial charge in [-0.1, -0.05) is 12.1 Å². The van der Waals surface area contributed by atoms with Gasteiger partial charge in [0.05, 0.1) is 4.90 Å². The zero-order valence-electron chi connectivity index (χ0n) is 13.2. The maximum Gasteiger partial charge on any atom is 0.243 e. The Morgan fingerprint density at radius 1 is 1.29 bits per heavy atom. The first kappa shape index (κ1) is 18.1. The quantitative estimate of drug-likeness (QED) is 0.767. The first-order valence-corrected chi connectivity index (χ1v) is 8.68. The Balaban J connectivity index is 3.15. The van der Waals surface area contributed by atoms with Crippen LogP contribution in [-0.2, 0) is 10.0 Å². The molecule has 0 spiro atoms. The number of nitrogens with one attached hydrogen (secondary N) is 1. The van der Waals surface area contributed by atoms with Crippen molar-refractivity contribution in [2.24, 2.45) is 0 Å². The third kappa shape index (κ3) is 4.51. The van der Waals surface area contributed by atoms with E-state index in [4.69, 9.17) is 5.11 Å². The standard InChI is InChI=1S/C15H26N2O3S/c1-12(2)17(9-6-10-18)21(19,20)15-8-5-7-14(11-15)13(3)16-4/h5,7-8,11-13,16,18H,6,9-10H2,1-4H3. The van der Waals surface area contributed by atoms with Crippen LogP contribution in [0.15, 0.2) is 29.2 Å². The number of aliphatic hydroxyl groups excluding tert-OH is 1. The lowest BCUT2D eigenvalue weighted by atomic mass is 10.1. The molecule has 1 rings (SSSR count).